The number of unbranched alkanes of at least 4 members (excludes halogenated alkanes) is 2. The topological polar surface area (TPSA) is 32.3 Å². The van der Waals surface area contributed by atoms with Crippen LogP contribution in [-0.2, 0) is 13.2 Å². The van der Waals surface area contributed by atoms with Gasteiger partial charge in [-0.1, -0.05) is 50.5 Å². The molecule has 2 N–H and O–H groups in total. The van der Waals surface area contributed by atoms with E-state index < -0.39 is 0 Å². The van der Waals surface area contributed by atoms with Gasteiger partial charge >= 0.3 is 0 Å². The van der Waals surface area contributed by atoms with Gasteiger partial charge in [-0.2, -0.15) is 0 Å². The molecule has 2 nitrogen and oxygen atoms in total. The van der Waals surface area contributed by atoms with Crippen LogP contribution >= 0.6 is 0 Å². The Bertz CT molecular complexity index is 294. The Morgan fingerprint density at radius 3 is 2.35 bits per heavy atom. The average Bonchev–Trinajstić information content (AvgIpc) is 2.37. The van der Waals surface area contributed by atoms with Crippen molar-refractivity contribution in [2.75, 3.05) is 0 Å². The monoisotopic (exact) mass is 235 g/mol. The molecule has 0 saturated carbocycles. The van der Waals surface area contributed by atoms with E-state index in [1.165, 1.54) is 31.2 Å². The normalized spacial score (nSPS) is 12.6. The van der Waals surface area contributed by atoms with Gasteiger partial charge in [-0.15, -0.1) is 0 Å². The van der Waals surface area contributed by atoms with Crippen LogP contribution in [0.4, 0.5) is 0 Å². The minimum atomic E-state index is 0.126. The summed E-state index contributed by atoms with van der Waals surface area (Å²) >= 11 is 0. The van der Waals surface area contributed by atoms with Crippen LogP contribution in [0.15, 0.2) is 24.3 Å². The summed E-state index contributed by atoms with van der Waals surface area (Å²) in [5, 5.41) is 12.5. The summed E-state index contributed by atoms with van der Waals surface area (Å²) in [7, 11) is 0. The Morgan fingerprint density at radius 2 is 1.76 bits per heavy atom. The molecule has 17 heavy (non-hydrogen) atoms. The SMILES string of the molecule is CCCCCC(C)NCc1ccc(CO)cc1. The van der Waals surface area contributed by atoms with E-state index in [9.17, 15) is 0 Å². The summed E-state index contributed by atoms with van der Waals surface area (Å²) in [5.41, 5.74) is 2.26. The average molecular weight is 235 g/mol. The molecule has 2 heteroatoms. The lowest BCUT2D eigenvalue weighted by molar-refractivity contribution is 0.282. The molecule has 0 aliphatic rings. The van der Waals surface area contributed by atoms with Gasteiger partial charge < -0.3 is 10.4 Å². The van der Waals surface area contributed by atoms with Crippen molar-refractivity contribution in [1.82, 2.24) is 5.32 Å². The maximum atomic E-state index is 8.95. The van der Waals surface area contributed by atoms with Crippen molar-refractivity contribution in [3.8, 4) is 0 Å². The van der Waals surface area contributed by atoms with E-state index in [1.807, 2.05) is 12.1 Å². The van der Waals surface area contributed by atoms with Crippen molar-refractivity contribution < 1.29 is 5.11 Å². The lowest BCUT2D eigenvalue weighted by Crippen LogP contribution is -2.25. The van der Waals surface area contributed by atoms with E-state index in [-0.39, 0.29) is 6.61 Å². The molecule has 1 aromatic carbocycles. The van der Waals surface area contributed by atoms with Crippen LogP contribution < -0.4 is 5.32 Å². The first-order chi connectivity index (χ1) is 8.26. The zero-order valence-corrected chi connectivity index (χ0v) is 11.1. The molecule has 0 aliphatic carbocycles. The molecule has 0 heterocycles. The van der Waals surface area contributed by atoms with Crippen molar-refractivity contribution >= 4 is 0 Å². The number of benzene rings is 1. The van der Waals surface area contributed by atoms with Gasteiger partial charge in [0.2, 0.25) is 0 Å². The number of hydrogen-bond donors (Lipinski definition) is 2. The van der Waals surface area contributed by atoms with Gasteiger partial charge in [-0.25, -0.2) is 0 Å². The Hall–Kier alpha value is -0.860. The zero-order chi connectivity index (χ0) is 12.5. The molecule has 0 saturated heterocycles. The maximum absolute atomic E-state index is 8.95. The first-order valence-corrected chi connectivity index (χ1v) is 6.68. The van der Waals surface area contributed by atoms with Crippen LogP contribution in [0.3, 0.4) is 0 Å². The number of nitrogens with one attached hydrogen (secondary N) is 1. The summed E-state index contributed by atoms with van der Waals surface area (Å²) in [4.78, 5) is 0. The van der Waals surface area contributed by atoms with Crippen LogP contribution in [0.1, 0.15) is 50.7 Å². The van der Waals surface area contributed by atoms with E-state index in [2.05, 4.69) is 31.3 Å². The fourth-order valence-electron chi connectivity index (χ4n) is 1.86. The number of hydrogen-bond acceptors (Lipinski definition) is 2. The Kier molecular flexibility index (Phi) is 6.90. The third kappa shape index (κ3) is 5.85. The van der Waals surface area contributed by atoms with Gasteiger partial charge in [0.25, 0.3) is 0 Å². The van der Waals surface area contributed by atoms with Gasteiger partial charge in [-0.3, -0.25) is 0 Å². The van der Waals surface area contributed by atoms with Crippen LogP contribution in [0, 0.1) is 0 Å². The predicted molar refractivity (Wildman–Crippen MR) is 72.8 cm³/mol. The highest BCUT2D eigenvalue weighted by Gasteiger charge is 2.01. The molecule has 0 amide bonds. The molecule has 1 atom stereocenters. The smallest absolute Gasteiger partial charge is 0.0681 e. The van der Waals surface area contributed by atoms with Crippen LogP contribution in [0.25, 0.3) is 0 Å². The maximum Gasteiger partial charge on any atom is 0.0681 e. The summed E-state index contributed by atoms with van der Waals surface area (Å²) < 4.78 is 0. The molecule has 1 aromatic rings. The predicted octanol–water partition coefficient (Wildman–Crippen LogP) is 3.24. The summed E-state index contributed by atoms with van der Waals surface area (Å²) in [5.74, 6) is 0. The second-order valence-corrected chi connectivity index (χ2v) is 4.75. The van der Waals surface area contributed by atoms with Gasteiger partial charge in [0.15, 0.2) is 0 Å². The largest absolute Gasteiger partial charge is 0.392 e. The highest BCUT2D eigenvalue weighted by Crippen LogP contribution is 2.06. The second kappa shape index (κ2) is 8.26. The van der Waals surface area contributed by atoms with E-state index in [1.54, 1.807) is 0 Å². The van der Waals surface area contributed by atoms with Crippen molar-refractivity contribution in [1.29, 1.82) is 0 Å². The van der Waals surface area contributed by atoms with Crippen molar-refractivity contribution in [3.63, 3.8) is 0 Å². The minimum absolute atomic E-state index is 0.126. The lowest BCUT2D eigenvalue weighted by atomic mass is 10.1. The minimum Gasteiger partial charge on any atom is -0.392 e. The van der Waals surface area contributed by atoms with Crippen LogP contribution in [0.2, 0.25) is 0 Å². The van der Waals surface area contributed by atoms with Crippen molar-refractivity contribution in [2.45, 2.75) is 58.7 Å². The molecule has 96 valence electrons. The number of aliphatic hydroxyl groups is 1. The standard InChI is InChI=1S/C15H25NO/c1-3-4-5-6-13(2)16-11-14-7-9-15(12-17)10-8-14/h7-10,13,16-17H,3-6,11-12H2,1-2H3. The number of rotatable bonds is 8. The molecule has 0 aliphatic heterocycles. The molecular weight excluding hydrogens is 210 g/mol. The van der Waals surface area contributed by atoms with Crippen LogP contribution in [0.5, 0.6) is 0 Å². The van der Waals surface area contributed by atoms with Gasteiger partial charge in [0.05, 0.1) is 6.61 Å². The van der Waals surface area contributed by atoms with Crippen LogP contribution in [-0.4, -0.2) is 11.1 Å². The third-order valence-electron chi connectivity index (χ3n) is 3.10. The van der Waals surface area contributed by atoms with Crippen molar-refractivity contribution in [2.24, 2.45) is 0 Å². The lowest BCUT2D eigenvalue weighted by Gasteiger charge is -2.13. The molecule has 0 bridgehead atoms. The first-order valence-electron chi connectivity index (χ1n) is 6.68. The van der Waals surface area contributed by atoms with E-state index in [0.29, 0.717) is 6.04 Å². The molecular formula is C15H25NO. The van der Waals surface area contributed by atoms with Crippen molar-refractivity contribution in [3.05, 3.63) is 35.4 Å². The van der Waals surface area contributed by atoms with Gasteiger partial charge in [0.1, 0.15) is 0 Å². The molecule has 0 radical (unpaired) electrons. The highest BCUT2D eigenvalue weighted by molar-refractivity contribution is 5.21. The second-order valence-electron chi connectivity index (χ2n) is 4.75. The van der Waals surface area contributed by atoms with Gasteiger partial charge in [0, 0.05) is 12.6 Å². The Labute approximate surface area is 105 Å². The van der Waals surface area contributed by atoms with E-state index in [0.717, 1.165) is 12.1 Å². The quantitative estimate of drug-likeness (QED) is 0.678. The molecule has 0 spiro atoms. The Balaban J connectivity index is 2.24. The highest BCUT2D eigenvalue weighted by atomic mass is 16.3. The summed E-state index contributed by atoms with van der Waals surface area (Å²) in [6.45, 7) is 5.53. The summed E-state index contributed by atoms with van der Waals surface area (Å²) in [6.07, 6.45) is 5.18. The Morgan fingerprint density at radius 1 is 1.12 bits per heavy atom. The van der Waals surface area contributed by atoms with E-state index in [4.69, 9.17) is 5.11 Å². The molecule has 1 unspecified atom stereocenters. The molecule has 0 fully saturated rings. The molecule has 1 rings (SSSR count). The number of aliphatic hydroxyl groups excluding tert-OH is 1. The third-order valence-corrected chi connectivity index (χ3v) is 3.10. The first kappa shape index (κ1) is 14.2. The zero-order valence-electron chi connectivity index (χ0n) is 11.1. The fourth-order valence-corrected chi connectivity index (χ4v) is 1.86. The van der Waals surface area contributed by atoms with E-state index >= 15 is 0 Å². The summed E-state index contributed by atoms with van der Waals surface area (Å²) in [6, 6.07) is 8.71. The molecule has 0 aromatic heterocycles. The fraction of sp³-hybridized carbons (Fsp3) is 0.600. The van der Waals surface area contributed by atoms with Gasteiger partial charge in [-0.05, 0) is 24.5 Å².